The Morgan fingerprint density at radius 3 is 2.79 bits per heavy atom. The summed E-state index contributed by atoms with van der Waals surface area (Å²) in [6.07, 6.45) is 5.90. The zero-order valence-electron chi connectivity index (χ0n) is 16.1. The van der Waals surface area contributed by atoms with E-state index in [9.17, 15) is 4.79 Å². The van der Waals surface area contributed by atoms with Crippen LogP contribution in [0.3, 0.4) is 0 Å². The van der Waals surface area contributed by atoms with E-state index < -0.39 is 0 Å². The van der Waals surface area contributed by atoms with Gasteiger partial charge in [-0.2, -0.15) is 5.10 Å². The van der Waals surface area contributed by atoms with E-state index in [1.54, 1.807) is 11.9 Å². The molecule has 2 N–H and O–H groups in total. The molecule has 0 saturated heterocycles. The molecule has 2 aromatic heterocycles. The molecule has 0 aliphatic heterocycles. The molecular formula is C22H25N5O. The van der Waals surface area contributed by atoms with E-state index >= 15 is 0 Å². The van der Waals surface area contributed by atoms with Gasteiger partial charge in [0.25, 0.3) is 0 Å². The van der Waals surface area contributed by atoms with Gasteiger partial charge in [0.15, 0.2) is 0 Å². The van der Waals surface area contributed by atoms with Crippen molar-refractivity contribution in [2.75, 3.05) is 12.4 Å². The maximum absolute atomic E-state index is 12.7. The number of anilines is 1. The molecule has 144 valence electrons. The number of carbonyl (C=O) groups excluding carboxylic acids is 1. The number of amides is 2. The molecule has 1 aliphatic rings. The highest BCUT2D eigenvalue weighted by Crippen LogP contribution is 2.39. The monoisotopic (exact) mass is 375 g/mol. The Hall–Kier alpha value is -3.15. The van der Waals surface area contributed by atoms with Gasteiger partial charge in [-0.1, -0.05) is 24.3 Å². The maximum Gasteiger partial charge on any atom is 0.321 e. The van der Waals surface area contributed by atoms with Crippen molar-refractivity contribution >= 4 is 11.7 Å². The van der Waals surface area contributed by atoms with Crippen molar-refractivity contribution in [2.45, 2.75) is 38.1 Å². The van der Waals surface area contributed by atoms with Crippen LogP contribution in [0.15, 0.2) is 54.7 Å². The first-order valence-electron chi connectivity index (χ1n) is 9.73. The molecule has 1 saturated carbocycles. The summed E-state index contributed by atoms with van der Waals surface area (Å²) in [4.78, 5) is 18.7. The number of pyridine rings is 1. The van der Waals surface area contributed by atoms with Crippen molar-refractivity contribution in [2.24, 2.45) is 0 Å². The van der Waals surface area contributed by atoms with Crippen LogP contribution in [0.4, 0.5) is 10.5 Å². The lowest BCUT2D eigenvalue weighted by molar-refractivity contribution is 0.220. The number of para-hydroxylation sites is 1. The van der Waals surface area contributed by atoms with Crippen molar-refractivity contribution in [3.8, 4) is 0 Å². The fourth-order valence-electron chi connectivity index (χ4n) is 3.26. The molecule has 1 aliphatic carbocycles. The molecule has 0 spiro atoms. The van der Waals surface area contributed by atoms with E-state index in [0.29, 0.717) is 12.5 Å². The Bertz CT molecular complexity index is 933. The number of aryl methyl sites for hydroxylation is 2. The Balaban J connectivity index is 1.36. The second kappa shape index (κ2) is 8.25. The number of nitrogens with one attached hydrogen (secondary N) is 2. The molecule has 6 nitrogen and oxygen atoms in total. The molecule has 3 aromatic rings. The van der Waals surface area contributed by atoms with Crippen LogP contribution in [0.1, 0.15) is 41.4 Å². The molecule has 1 fully saturated rings. The van der Waals surface area contributed by atoms with E-state index in [4.69, 9.17) is 0 Å². The molecule has 0 radical (unpaired) electrons. The van der Waals surface area contributed by atoms with Crippen molar-refractivity contribution < 1.29 is 4.79 Å². The van der Waals surface area contributed by atoms with Gasteiger partial charge in [0.05, 0.1) is 17.9 Å². The number of nitrogens with zero attached hydrogens (tertiary/aromatic N) is 3. The standard InChI is InChI=1S/C22H25N5O/c1-27(15-19-14-21(26-25-19)17-9-10-17)22(28)24-20-8-3-2-6-16(20)11-12-18-7-4-5-13-23-18/h2-8,13-14,17H,9-12,15H2,1H3,(H,24,28)(H,25,26). The molecule has 0 unspecified atom stereocenters. The highest BCUT2D eigenvalue weighted by atomic mass is 16.2. The zero-order valence-corrected chi connectivity index (χ0v) is 16.1. The third-order valence-corrected chi connectivity index (χ3v) is 5.04. The number of H-pyrrole nitrogens is 1. The van der Waals surface area contributed by atoms with Gasteiger partial charge in [-0.25, -0.2) is 4.79 Å². The minimum Gasteiger partial charge on any atom is -0.322 e. The molecule has 0 bridgehead atoms. The summed E-state index contributed by atoms with van der Waals surface area (Å²) in [6.45, 7) is 0.502. The lowest BCUT2D eigenvalue weighted by Gasteiger charge is -2.18. The van der Waals surface area contributed by atoms with Gasteiger partial charge < -0.3 is 10.2 Å². The van der Waals surface area contributed by atoms with Crippen LogP contribution in [-0.4, -0.2) is 33.2 Å². The zero-order chi connectivity index (χ0) is 19.3. The fraction of sp³-hybridized carbons (Fsp3) is 0.318. The van der Waals surface area contributed by atoms with Crippen LogP contribution in [0.25, 0.3) is 0 Å². The first kappa shape index (κ1) is 18.2. The van der Waals surface area contributed by atoms with E-state index in [0.717, 1.165) is 41.2 Å². The number of hydrogen-bond acceptors (Lipinski definition) is 3. The maximum atomic E-state index is 12.7. The summed E-state index contributed by atoms with van der Waals surface area (Å²) >= 11 is 0. The summed E-state index contributed by atoms with van der Waals surface area (Å²) < 4.78 is 0. The van der Waals surface area contributed by atoms with Gasteiger partial charge in [-0.15, -0.1) is 0 Å². The third kappa shape index (κ3) is 4.57. The lowest BCUT2D eigenvalue weighted by atomic mass is 10.1. The smallest absolute Gasteiger partial charge is 0.321 e. The molecule has 2 amide bonds. The molecule has 2 heterocycles. The fourth-order valence-corrected chi connectivity index (χ4v) is 3.26. The van der Waals surface area contributed by atoms with Crippen molar-refractivity contribution in [3.05, 3.63) is 77.4 Å². The normalized spacial score (nSPS) is 13.3. The molecule has 28 heavy (non-hydrogen) atoms. The lowest BCUT2D eigenvalue weighted by Crippen LogP contribution is -2.31. The summed E-state index contributed by atoms with van der Waals surface area (Å²) in [5, 5.41) is 10.4. The van der Waals surface area contributed by atoms with Gasteiger partial charge in [-0.3, -0.25) is 10.1 Å². The SMILES string of the molecule is CN(Cc1cc(C2CC2)n[nH]1)C(=O)Nc1ccccc1CCc1ccccn1. The van der Waals surface area contributed by atoms with Crippen LogP contribution < -0.4 is 5.32 Å². The van der Waals surface area contributed by atoms with Crippen LogP contribution in [0.5, 0.6) is 0 Å². The average Bonchev–Trinajstić information content (AvgIpc) is 3.47. The molecule has 1 aromatic carbocycles. The first-order chi connectivity index (χ1) is 13.7. The predicted molar refractivity (Wildman–Crippen MR) is 109 cm³/mol. The summed E-state index contributed by atoms with van der Waals surface area (Å²) in [6, 6.07) is 15.8. The van der Waals surface area contributed by atoms with Gasteiger partial charge in [0.2, 0.25) is 0 Å². The summed E-state index contributed by atoms with van der Waals surface area (Å²) in [5.41, 5.74) is 5.07. The van der Waals surface area contributed by atoms with Crippen molar-refractivity contribution in [1.82, 2.24) is 20.1 Å². The predicted octanol–water partition coefficient (Wildman–Crippen LogP) is 4.13. The quantitative estimate of drug-likeness (QED) is 0.652. The largest absolute Gasteiger partial charge is 0.322 e. The van der Waals surface area contributed by atoms with Crippen LogP contribution in [0.2, 0.25) is 0 Å². The second-order valence-electron chi connectivity index (χ2n) is 7.36. The molecular weight excluding hydrogens is 350 g/mol. The highest BCUT2D eigenvalue weighted by Gasteiger charge is 2.26. The first-order valence-corrected chi connectivity index (χ1v) is 9.73. The minimum atomic E-state index is -0.132. The Morgan fingerprint density at radius 2 is 2.00 bits per heavy atom. The van der Waals surface area contributed by atoms with E-state index in [1.807, 2.05) is 42.6 Å². The van der Waals surface area contributed by atoms with Gasteiger partial charge in [0.1, 0.15) is 0 Å². The minimum absolute atomic E-state index is 0.132. The van der Waals surface area contributed by atoms with Crippen LogP contribution in [-0.2, 0) is 19.4 Å². The molecule has 6 heteroatoms. The average molecular weight is 375 g/mol. The van der Waals surface area contributed by atoms with Crippen LogP contribution in [0, 0.1) is 0 Å². The highest BCUT2D eigenvalue weighted by molar-refractivity contribution is 5.90. The second-order valence-corrected chi connectivity index (χ2v) is 7.36. The number of rotatable bonds is 7. The van der Waals surface area contributed by atoms with E-state index in [1.165, 1.54) is 12.8 Å². The van der Waals surface area contributed by atoms with Gasteiger partial charge in [0, 0.05) is 30.5 Å². The van der Waals surface area contributed by atoms with Gasteiger partial charge in [-0.05, 0) is 55.5 Å². The number of hydrogen-bond donors (Lipinski definition) is 2. The van der Waals surface area contributed by atoms with Crippen molar-refractivity contribution in [1.29, 1.82) is 0 Å². The number of urea groups is 1. The summed E-state index contributed by atoms with van der Waals surface area (Å²) in [7, 11) is 1.80. The van der Waals surface area contributed by atoms with Gasteiger partial charge >= 0.3 is 6.03 Å². The Kier molecular flexibility index (Phi) is 5.37. The summed E-state index contributed by atoms with van der Waals surface area (Å²) in [5.74, 6) is 0.607. The van der Waals surface area contributed by atoms with Crippen LogP contribution >= 0.6 is 0 Å². The van der Waals surface area contributed by atoms with E-state index in [2.05, 4.69) is 32.6 Å². The molecule has 4 rings (SSSR count). The Morgan fingerprint density at radius 1 is 1.18 bits per heavy atom. The number of aromatic amines is 1. The topological polar surface area (TPSA) is 73.9 Å². The number of benzene rings is 1. The Labute approximate surface area is 165 Å². The third-order valence-electron chi connectivity index (χ3n) is 5.04. The number of aromatic nitrogens is 3. The van der Waals surface area contributed by atoms with E-state index in [-0.39, 0.29) is 6.03 Å². The number of carbonyl (C=O) groups is 1. The molecule has 0 atom stereocenters. The van der Waals surface area contributed by atoms with Crippen molar-refractivity contribution in [3.63, 3.8) is 0 Å².